The van der Waals surface area contributed by atoms with Crippen LogP contribution in [0.25, 0.3) is 0 Å². The first kappa shape index (κ1) is 47.7. The summed E-state index contributed by atoms with van der Waals surface area (Å²) in [6.07, 6.45) is 0. The molecule has 0 spiro atoms. The first-order valence-electron chi connectivity index (χ1n) is 23.3. The van der Waals surface area contributed by atoms with Crippen LogP contribution < -0.4 is 9.80 Å². The summed E-state index contributed by atoms with van der Waals surface area (Å²) >= 11 is 0. The van der Waals surface area contributed by atoms with Gasteiger partial charge >= 0.3 is 12.1 Å². The monoisotopic (exact) mass is 898 g/mol. The summed E-state index contributed by atoms with van der Waals surface area (Å²) in [5.74, 6) is 1.94. The average molecular weight is 899 g/mol. The topological polar surface area (TPSA) is 96.5 Å². The van der Waals surface area contributed by atoms with E-state index >= 15 is 0 Å². The Bertz CT molecular complexity index is 2600. The van der Waals surface area contributed by atoms with Crippen LogP contribution in [0.5, 0.6) is 0 Å². The minimum Gasteiger partial charge on any atom is -0.323 e. The van der Waals surface area contributed by atoms with E-state index in [1.165, 1.54) is 0 Å². The molecule has 0 fully saturated rings. The van der Waals surface area contributed by atoms with Crippen LogP contribution in [0.2, 0.25) is 0 Å². The lowest BCUT2D eigenvalue weighted by Crippen LogP contribution is -2.33. The molecule has 0 aliphatic rings. The number of hydrogen-bond acceptors (Lipinski definition) is 2. The molecule has 7 aromatic carbocycles. The van der Waals surface area contributed by atoms with Gasteiger partial charge in [0.1, 0.15) is 11.7 Å². The minimum absolute atomic E-state index is 0.326. The van der Waals surface area contributed by atoms with Crippen LogP contribution in [0.3, 0.4) is 0 Å². The summed E-state index contributed by atoms with van der Waals surface area (Å²) in [6.45, 7) is 10.9. The molecule has 10 nitrogen and oxygen atoms in total. The van der Waals surface area contributed by atoms with E-state index in [9.17, 15) is 9.59 Å². The molecule has 4 amide bonds. The summed E-state index contributed by atoms with van der Waals surface area (Å²) in [5, 5.41) is 0. The summed E-state index contributed by atoms with van der Waals surface area (Å²) in [4.78, 5) is 54.8. The van der Waals surface area contributed by atoms with Crippen molar-refractivity contribution < 1.29 is 9.59 Å². The standard InChI is InChI=1S/C58H58N8O2/c1-5-63(6-2)57(67)61-53(47-27-15-9-16-28-47)59-55(49-31-19-11-20-32-49)65(51-35-23-13-24-36-51)43-45-39-41-46(42-40-45)44-66(52-37-25-14-26-38-52)56(50-33-21-12-22-34-50)60-54(48-29-17-10-18-30-48)62-58(68)64(7-3)8-4/h9-42H,5-8,43-44H2,1-4H3/b59-55?,60-56?,61-53+,62-54+. The zero-order chi connectivity index (χ0) is 47.5. The second-order valence-corrected chi connectivity index (χ2v) is 15.8. The third-order valence-electron chi connectivity index (χ3n) is 11.4. The summed E-state index contributed by atoms with van der Waals surface area (Å²) in [6, 6.07) is 67.6. The molecule has 68 heavy (non-hydrogen) atoms. The van der Waals surface area contributed by atoms with Crippen LogP contribution in [0.15, 0.2) is 226 Å². The Balaban J connectivity index is 1.31. The molecule has 0 aromatic heterocycles. The smallest absolute Gasteiger partial charge is 0.323 e. The molecule has 7 rings (SSSR count). The van der Waals surface area contributed by atoms with Crippen LogP contribution >= 0.6 is 0 Å². The fourth-order valence-corrected chi connectivity index (χ4v) is 7.64. The van der Waals surface area contributed by atoms with Crippen LogP contribution in [-0.4, -0.2) is 71.4 Å². The molecule has 0 atom stereocenters. The number of amides is 4. The lowest BCUT2D eigenvalue weighted by Gasteiger charge is -2.28. The van der Waals surface area contributed by atoms with E-state index in [2.05, 4.69) is 68.3 Å². The summed E-state index contributed by atoms with van der Waals surface area (Å²) < 4.78 is 0. The van der Waals surface area contributed by atoms with E-state index in [0.717, 1.165) is 44.8 Å². The Labute approximate surface area is 401 Å². The SMILES string of the molecule is CCN(CC)C(=O)/N=C(/N=C(c1ccccc1)N(Cc1ccc(CN(C(=N/C(=N/C(=O)N(CC)CC)c2ccccc2)c2ccccc2)c2ccccc2)cc1)c1ccccc1)c1ccccc1. The van der Waals surface area contributed by atoms with Crippen molar-refractivity contribution >= 4 is 46.8 Å². The van der Waals surface area contributed by atoms with Crippen molar-refractivity contribution in [2.75, 3.05) is 36.0 Å². The molecule has 0 N–H and O–H groups in total. The number of carbonyl (C=O) groups excluding carboxylic acids is 2. The van der Waals surface area contributed by atoms with Gasteiger partial charge in [0.25, 0.3) is 0 Å². The number of aliphatic imine (C=N–C) groups is 4. The lowest BCUT2D eigenvalue weighted by molar-refractivity contribution is 0.212. The summed E-state index contributed by atoms with van der Waals surface area (Å²) in [7, 11) is 0. The van der Waals surface area contributed by atoms with Crippen LogP contribution in [0.4, 0.5) is 21.0 Å². The largest absolute Gasteiger partial charge is 0.345 e. The Morgan fingerprint density at radius 3 is 0.882 bits per heavy atom. The Morgan fingerprint density at radius 2 is 0.603 bits per heavy atom. The second-order valence-electron chi connectivity index (χ2n) is 15.8. The predicted octanol–water partition coefficient (Wildman–Crippen LogP) is 12.4. The van der Waals surface area contributed by atoms with Crippen LogP contribution in [0, 0.1) is 0 Å². The van der Waals surface area contributed by atoms with Gasteiger partial charge in [-0.05, 0) is 63.1 Å². The predicted molar refractivity (Wildman–Crippen MR) is 280 cm³/mol. The number of benzene rings is 7. The fraction of sp³-hybridized carbons (Fsp3) is 0.172. The second kappa shape index (κ2) is 24.3. The summed E-state index contributed by atoms with van der Waals surface area (Å²) in [5.41, 5.74) is 7.14. The van der Waals surface area contributed by atoms with Gasteiger partial charge in [0.15, 0.2) is 11.7 Å². The van der Waals surface area contributed by atoms with Gasteiger partial charge in [0.2, 0.25) is 0 Å². The normalized spacial score (nSPS) is 12.1. The van der Waals surface area contributed by atoms with Crippen molar-refractivity contribution in [3.05, 3.63) is 240 Å². The molecule has 0 saturated carbocycles. The van der Waals surface area contributed by atoms with Crippen molar-refractivity contribution in [2.24, 2.45) is 20.0 Å². The Morgan fingerprint density at radius 1 is 0.338 bits per heavy atom. The maximum atomic E-state index is 13.6. The first-order valence-corrected chi connectivity index (χ1v) is 23.3. The van der Waals surface area contributed by atoms with E-state index in [1.54, 1.807) is 9.80 Å². The maximum absolute atomic E-state index is 13.6. The van der Waals surface area contributed by atoms with Gasteiger partial charge in [-0.1, -0.05) is 182 Å². The first-order chi connectivity index (χ1) is 33.4. The number of amidine groups is 4. The number of rotatable bonds is 14. The molecule has 0 heterocycles. The van der Waals surface area contributed by atoms with Gasteiger partial charge in [-0.2, -0.15) is 9.98 Å². The van der Waals surface area contributed by atoms with Gasteiger partial charge in [0.05, 0.1) is 0 Å². The lowest BCUT2D eigenvalue weighted by atomic mass is 10.1. The van der Waals surface area contributed by atoms with E-state index in [1.807, 2.05) is 185 Å². The van der Waals surface area contributed by atoms with Crippen molar-refractivity contribution in [3.63, 3.8) is 0 Å². The maximum Gasteiger partial charge on any atom is 0.345 e. The molecule has 7 aromatic rings. The minimum atomic E-state index is -0.339. The molecule has 0 aliphatic heterocycles. The molecule has 10 heteroatoms. The number of nitrogens with zero attached hydrogens (tertiary/aromatic N) is 8. The van der Waals surface area contributed by atoms with Gasteiger partial charge in [-0.25, -0.2) is 19.6 Å². The number of para-hydroxylation sites is 2. The quantitative estimate of drug-likeness (QED) is 0.0802. The molecule has 0 radical (unpaired) electrons. The highest BCUT2D eigenvalue weighted by Gasteiger charge is 2.22. The third kappa shape index (κ3) is 12.6. The van der Waals surface area contributed by atoms with Crippen molar-refractivity contribution in [1.82, 2.24) is 9.80 Å². The molecule has 342 valence electrons. The van der Waals surface area contributed by atoms with E-state index in [-0.39, 0.29) is 12.1 Å². The highest BCUT2D eigenvalue weighted by molar-refractivity contribution is 6.20. The van der Waals surface area contributed by atoms with E-state index in [4.69, 9.17) is 9.98 Å². The highest BCUT2D eigenvalue weighted by Crippen LogP contribution is 2.25. The zero-order valence-electron chi connectivity index (χ0n) is 39.3. The van der Waals surface area contributed by atoms with Crippen LogP contribution in [0.1, 0.15) is 61.1 Å². The number of anilines is 2. The third-order valence-corrected chi connectivity index (χ3v) is 11.4. The molecule has 0 unspecified atom stereocenters. The van der Waals surface area contributed by atoms with Crippen LogP contribution in [-0.2, 0) is 13.1 Å². The van der Waals surface area contributed by atoms with E-state index in [0.29, 0.717) is 62.6 Å². The van der Waals surface area contributed by atoms with Gasteiger partial charge in [0, 0.05) is 72.9 Å². The molecule has 0 bridgehead atoms. The Hall–Kier alpha value is -8.24. The van der Waals surface area contributed by atoms with E-state index < -0.39 is 0 Å². The molecular weight excluding hydrogens is 841 g/mol. The van der Waals surface area contributed by atoms with Crippen molar-refractivity contribution in [3.8, 4) is 0 Å². The highest BCUT2D eigenvalue weighted by atomic mass is 16.2. The van der Waals surface area contributed by atoms with Crippen molar-refractivity contribution in [2.45, 2.75) is 40.8 Å². The molecule has 0 aliphatic carbocycles. The Kier molecular flexibility index (Phi) is 17.1. The number of carbonyl (C=O) groups is 2. The molecule has 0 saturated heterocycles. The molecular formula is C58H58N8O2. The average Bonchev–Trinajstić information content (AvgIpc) is 3.40. The van der Waals surface area contributed by atoms with Gasteiger partial charge < -0.3 is 19.6 Å². The zero-order valence-corrected chi connectivity index (χ0v) is 39.3. The van der Waals surface area contributed by atoms with Crippen molar-refractivity contribution in [1.29, 1.82) is 0 Å². The van der Waals surface area contributed by atoms with Gasteiger partial charge in [-0.15, -0.1) is 0 Å². The van der Waals surface area contributed by atoms with Gasteiger partial charge in [-0.3, -0.25) is 0 Å². The number of urea groups is 2. The number of hydrogen-bond donors (Lipinski definition) is 0. The fourth-order valence-electron chi connectivity index (χ4n) is 7.64.